The Kier molecular flexibility index (Phi) is 2.19. The van der Waals surface area contributed by atoms with Gasteiger partial charge in [0.1, 0.15) is 11.3 Å². The standard InChI is InChI=1S/C13H11N3O2/c1-8-4-9(17)2-3-10(8)11-6-16-7-14-5-12(16)13(18)15-11/h2-7,17H,1H3,(H,15,18). The summed E-state index contributed by atoms with van der Waals surface area (Å²) < 4.78 is 1.68. The van der Waals surface area contributed by atoms with Crippen LogP contribution in [0.1, 0.15) is 5.56 Å². The summed E-state index contributed by atoms with van der Waals surface area (Å²) in [7, 11) is 0. The summed E-state index contributed by atoms with van der Waals surface area (Å²) in [6, 6.07) is 5.03. The van der Waals surface area contributed by atoms with Crippen LogP contribution >= 0.6 is 0 Å². The fourth-order valence-electron chi connectivity index (χ4n) is 2.03. The molecule has 5 nitrogen and oxygen atoms in total. The van der Waals surface area contributed by atoms with E-state index in [4.69, 9.17) is 0 Å². The van der Waals surface area contributed by atoms with Crippen molar-refractivity contribution >= 4 is 5.52 Å². The van der Waals surface area contributed by atoms with Crippen molar-refractivity contribution in [3.8, 4) is 17.0 Å². The number of nitrogens with one attached hydrogen (secondary N) is 1. The van der Waals surface area contributed by atoms with Gasteiger partial charge in [-0.15, -0.1) is 0 Å². The number of aromatic nitrogens is 3. The zero-order valence-corrected chi connectivity index (χ0v) is 9.71. The van der Waals surface area contributed by atoms with Crippen LogP contribution in [0.5, 0.6) is 5.75 Å². The predicted molar refractivity (Wildman–Crippen MR) is 67.7 cm³/mol. The number of rotatable bonds is 1. The molecule has 0 bridgehead atoms. The minimum absolute atomic E-state index is 0.183. The molecule has 0 fully saturated rings. The Morgan fingerprint density at radius 1 is 1.39 bits per heavy atom. The molecule has 2 N–H and O–H groups in total. The van der Waals surface area contributed by atoms with E-state index in [-0.39, 0.29) is 11.3 Å². The van der Waals surface area contributed by atoms with E-state index in [1.54, 1.807) is 28.9 Å². The second kappa shape index (κ2) is 3.73. The molecule has 0 aliphatic rings. The molecule has 2 aromatic heterocycles. The molecule has 1 aromatic carbocycles. The molecule has 90 valence electrons. The molecular formula is C13H11N3O2. The lowest BCUT2D eigenvalue weighted by Crippen LogP contribution is -2.10. The van der Waals surface area contributed by atoms with Crippen LogP contribution in [0.3, 0.4) is 0 Å². The molecule has 5 heteroatoms. The lowest BCUT2D eigenvalue weighted by molar-refractivity contribution is 0.475. The van der Waals surface area contributed by atoms with Crippen molar-refractivity contribution in [2.75, 3.05) is 0 Å². The number of H-pyrrole nitrogens is 1. The number of aryl methyl sites for hydroxylation is 1. The van der Waals surface area contributed by atoms with Crippen molar-refractivity contribution in [1.29, 1.82) is 0 Å². The number of phenolic OH excluding ortho intramolecular Hbond substituents is 1. The first-order valence-electron chi connectivity index (χ1n) is 5.50. The van der Waals surface area contributed by atoms with E-state index in [1.807, 2.05) is 13.1 Å². The van der Waals surface area contributed by atoms with Gasteiger partial charge in [0.05, 0.1) is 18.2 Å². The van der Waals surface area contributed by atoms with Crippen molar-refractivity contribution in [1.82, 2.24) is 14.4 Å². The number of aromatic hydroxyl groups is 1. The zero-order valence-electron chi connectivity index (χ0n) is 9.71. The fraction of sp³-hybridized carbons (Fsp3) is 0.0769. The Balaban J connectivity index is 2.28. The van der Waals surface area contributed by atoms with E-state index in [1.165, 1.54) is 6.20 Å². The highest BCUT2D eigenvalue weighted by atomic mass is 16.3. The van der Waals surface area contributed by atoms with Crippen molar-refractivity contribution in [3.63, 3.8) is 0 Å². The SMILES string of the molecule is Cc1cc(O)ccc1-c1cn2cncc2c(=O)[nH]1. The second-order valence-electron chi connectivity index (χ2n) is 4.18. The van der Waals surface area contributed by atoms with E-state index >= 15 is 0 Å². The van der Waals surface area contributed by atoms with E-state index in [0.29, 0.717) is 11.2 Å². The minimum atomic E-state index is -0.183. The van der Waals surface area contributed by atoms with Crippen molar-refractivity contribution in [3.05, 3.63) is 52.8 Å². The Labute approximate surface area is 102 Å². The van der Waals surface area contributed by atoms with Crippen LogP contribution in [-0.2, 0) is 0 Å². The van der Waals surface area contributed by atoms with E-state index in [9.17, 15) is 9.90 Å². The van der Waals surface area contributed by atoms with Gasteiger partial charge in [-0.1, -0.05) is 0 Å². The number of nitrogens with zero attached hydrogens (tertiary/aromatic N) is 2. The summed E-state index contributed by atoms with van der Waals surface area (Å²) in [5.41, 5.74) is 2.79. The zero-order chi connectivity index (χ0) is 12.7. The van der Waals surface area contributed by atoms with Crippen molar-refractivity contribution in [2.24, 2.45) is 0 Å². The van der Waals surface area contributed by atoms with Gasteiger partial charge >= 0.3 is 0 Å². The van der Waals surface area contributed by atoms with Gasteiger partial charge in [-0.3, -0.25) is 9.20 Å². The highest BCUT2D eigenvalue weighted by Crippen LogP contribution is 2.24. The maximum atomic E-state index is 11.8. The number of fused-ring (bicyclic) bond motifs is 1. The topological polar surface area (TPSA) is 70.4 Å². The smallest absolute Gasteiger partial charge is 0.274 e. The predicted octanol–water partition coefficient (Wildman–Crippen LogP) is 1.70. The maximum absolute atomic E-state index is 11.8. The molecule has 0 aliphatic carbocycles. The monoisotopic (exact) mass is 241 g/mol. The lowest BCUT2D eigenvalue weighted by atomic mass is 10.1. The van der Waals surface area contributed by atoms with Crippen LogP contribution < -0.4 is 5.56 Å². The molecule has 2 heterocycles. The average Bonchev–Trinajstić information content (AvgIpc) is 2.77. The van der Waals surface area contributed by atoms with Crippen LogP contribution in [0.2, 0.25) is 0 Å². The number of aromatic amines is 1. The highest BCUT2D eigenvalue weighted by Gasteiger charge is 2.07. The van der Waals surface area contributed by atoms with Crippen LogP contribution in [0.25, 0.3) is 16.8 Å². The summed E-state index contributed by atoms with van der Waals surface area (Å²) in [6.45, 7) is 1.88. The van der Waals surface area contributed by atoms with Crippen molar-refractivity contribution < 1.29 is 5.11 Å². The molecule has 18 heavy (non-hydrogen) atoms. The average molecular weight is 241 g/mol. The molecule has 0 atom stereocenters. The van der Waals surface area contributed by atoms with Gasteiger partial charge in [0, 0.05) is 11.8 Å². The normalized spacial score (nSPS) is 10.9. The number of hydrogen-bond acceptors (Lipinski definition) is 3. The Morgan fingerprint density at radius 2 is 2.22 bits per heavy atom. The van der Waals surface area contributed by atoms with Gasteiger partial charge < -0.3 is 10.1 Å². The first kappa shape index (κ1) is 10.6. The van der Waals surface area contributed by atoms with Gasteiger partial charge in [-0.2, -0.15) is 0 Å². The molecule has 0 saturated carbocycles. The minimum Gasteiger partial charge on any atom is -0.508 e. The Morgan fingerprint density at radius 3 is 3.00 bits per heavy atom. The van der Waals surface area contributed by atoms with Gasteiger partial charge in [-0.25, -0.2) is 4.98 Å². The van der Waals surface area contributed by atoms with Gasteiger partial charge in [0.15, 0.2) is 0 Å². The van der Waals surface area contributed by atoms with E-state index in [2.05, 4.69) is 9.97 Å². The van der Waals surface area contributed by atoms with Gasteiger partial charge in [-0.05, 0) is 30.7 Å². The molecular weight excluding hydrogens is 230 g/mol. The highest BCUT2D eigenvalue weighted by molar-refractivity contribution is 5.65. The van der Waals surface area contributed by atoms with Crippen LogP contribution in [0, 0.1) is 6.92 Å². The summed E-state index contributed by atoms with van der Waals surface area (Å²) in [4.78, 5) is 18.6. The van der Waals surface area contributed by atoms with E-state index < -0.39 is 0 Å². The summed E-state index contributed by atoms with van der Waals surface area (Å²) in [5.74, 6) is 0.210. The molecule has 0 amide bonds. The Hall–Kier alpha value is -2.56. The summed E-state index contributed by atoms with van der Waals surface area (Å²) in [6.07, 6.45) is 4.92. The van der Waals surface area contributed by atoms with E-state index in [0.717, 1.165) is 11.1 Å². The van der Waals surface area contributed by atoms with Crippen LogP contribution in [0.15, 0.2) is 41.7 Å². The summed E-state index contributed by atoms with van der Waals surface area (Å²) >= 11 is 0. The molecule has 0 aliphatic heterocycles. The first-order valence-corrected chi connectivity index (χ1v) is 5.50. The third-order valence-corrected chi connectivity index (χ3v) is 2.92. The quantitative estimate of drug-likeness (QED) is 0.681. The molecule has 3 rings (SSSR count). The number of imidazole rings is 1. The first-order chi connectivity index (χ1) is 8.65. The lowest BCUT2D eigenvalue weighted by Gasteiger charge is -2.07. The molecule has 0 saturated heterocycles. The number of phenols is 1. The maximum Gasteiger partial charge on any atom is 0.274 e. The van der Waals surface area contributed by atoms with Gasteiger partial charge in [0.25, 0.3) is 5.56 Å². The fourth-order valence-corrected chi connectivity index (χ4v) is 2.03. The molecule has 0 radical (unpaired) electrons. The van der Waals surface area contributed by atoms with Crippen LogP contribution in [-0.4, -0.2) is 19.5 Å². The van der Waals surface area contributed by atoms with Gasteiger partial charge in [0.2, 0.25) is 0 Å². The second-order valence-corrected chi connectivity index (χ2v) is 4.18. The third-order valence-electron chi connectivity index (χ3n) is 2.92. The summed E-state index contributed by atoms with van der Waals surface area (Å²) in [5, 5.41) is 9.39. The number of benzene rings is 1. The molecule has 0 spiro atoms. The number of hydrogen-bond donors (Lipinski definition) is 2. The van der Waals surface area contributed by atoms with Crippen molar-refractivity contribution in [2.45, 2.75) is 6.92 Å². The molecule has 3 aromatic rings. The third kappa shape index (κ3) is 1.57. The Bertz CT molecular complexity index is 786. The molecule has 0 unspecified atom stereocenters. The van der Waals surface area contributed by atoms with Crippen LogP contribution in [0.4, 0.5) is 0 Å². The largest absolute Gasteiger partial charge is 0.508 e.